The summed E-state index contributed by atoms with van der Waals surface area (Å²) in [4.78, 5) is 27.3. The molecule has 2 amide bonds. The van der Waals surface area contributed by atoms with Gasteiger partial charge < -0.3 is 5.32 Å². The molecule has 1 heterocycles. The quantitative estimate of drug-likeness (QED) is 0.528. The Bertz CT molecular complexity index is 1110. The maximum absolute atomic E-state index is 12.8. The molecule has 31 heavy (non-hydrogen) atoms. The molecule has 1 N–H and O–H groups in total. The second-order valence-corrected chi connectivity index (χ2v) is 9.10. The van der Waals surface area contributed by atoms with E-state index in [0.29, 0.717) is 17.2 Å². The maximum atomic E-state index is 12.8. The number of hydrogen-bond acceptors (Lipinski definition) is 3. The van der Waals surface area contributed by atoms with Crippen LogP contribution < -0.4 is 10.2 Å². The van der Waals surface area contributed by atoms with E-state index >= 15 is 0 Å². The summed E-state index contributed by atoms with van der Waals surface area (Å²) in [6, 6.07) is 23.5. The van der Waals surface area contributed by atoms with Crippen molar-refractivity contribution in [2.45, 2.75) is 32.1 Å². The summed E-state index contributed by atoms with van der Waals surface area (Å²) < 4.78 is 0. The van der Waals surface area contributed by atoms with Crippen LogP contribution in [0.4, 0.5) is 11.4 Å². The van der Waals surface area contributed by atoms with Gasteiger partial charge in [-0.2, -0.15) is 0 Å². The van der Waals surface area contributed by atoms with Crippen LogP contribution in [0.25, 0.3) is 0 Å². The van der Waals surface area contributed by atoms with Crippen molar-refractivity contribution in [3.63, 3.8) is 0 Å². The summed E-state index contributed by atoms with van der Waals surface area (Å²) >= 11 is 1.63. The van der Waals surface area contributed by atoms with Gasteiger partial charge in [-0.1, -0.05) is 62.4 Å². The van der Waals surface area contributed by atoms with Crippen LogP contribution in [0.15, 0.2) is 72.8 Å². The number of anilines is 2. The van der Waals surface area contributed by atoms with Gasteiger partial charge in [-0.05, 0) is 53.8 Å². The zero-order valence-electron chi connectivity index (χ0n) is 18.0. The maximum Gasteiger partial charge on any atom is 0.255 e. The lowest BCUT2D eigenvalue weighted by molar-refractivity contribution is -0.115. The van der Waals surface area contributed by atoms with Crippen LogP contribution in [0.2, 0.25) is 0 Å². The first-order valence-corrected chi connectivity index (χ1v) is 11.5. The molecule has 4 rings (SSSR count). The molecule has 0 saturated carbocycles. The highest BCUT2D eigenvalue weighted by molar-refractivity contribution is 8.00. The van der Waals surface area contributed by atoms with Crippen molar-refractivity contribution in [3.8, 4) is 0 Å². The first-order chi connectivity index (χ1) is 15.0. The van der Waals surface area contributed by atoms with E-state index in [4.69, 9.17) is 0 Å². The standard InChI is InChI=1S/C26H26N2O2S/c1-17(2)21-9-6-7-11-23(21)28-24(29)16-31-26(28)19-12-14-20(15-13-19)27-25(30)22-10-5-4-8-18(22)3/h4-15,17,26H,16H2,1-3H3,(H,27,30)/t26-/m1/s1. The van der Waals surface area contributed by atoms with Crippen LogP contribution in [-0.2, 0) is 4.79 Å². The molecular weight excluding hydrogens is 404 g/mol. The van der Waals surface area contributed by atoms with E-state index in [9.17, 15) is 9.59 Å². The minimum atomic E-state index is -0.122. The molecule has 158 valence electrons. The number of para-hydroxylation sites is 1. The third-order valence-electron chi connectivity index (χ3n) is 5.53. The van der Waals surface area contributed by atoms with Crippen molar-refractivity contribution in [1.29, 1.82) is 0 Å². The molecule has 1 saturated heterocycles. The summed E-state index contributed by atoms with van der Waals surface area (Å²) in [5.41, 5.74) is 5.54. The van der Waals surface area contributed by atoms with Crippen molar-refractivity contribution in [1.82, 2.24) is 0 Å². The zero-order chi connectivity index (χ0) is 22.0. The largest absolute Gasteiger partial charge is 0.322 e. The first-order valence-electron chi connectivity index (χ1n) is 10.4. The molecule has 3 aromatic rings. The third kappa shape index (κ3) is 4.37. The SMILES string of the molecule is Cc1ccccc1C(=O)Nc1ccc([C@H]2SCC(=O)N2c2ccccc2C(C)C)cc1. The summed E-state index contributed by atoms with van der Waals surface area (Å²) in [5.74, 6) is 0.793. The molecule has 3 aromatic carbocycles. The molecular formula is C26H26N2O2S. The van der Waals surface area contributed by atoms with Gasteiger partial charge in [0, 0.05) is 16.9 Å². The van der Waals surface area contributed by atoms with E-state index in [-0.39, 0.29) is 17.2 Å². The fraction of sp³-hybridized carbons (Fsp3) is 0.231. The van der Waals surface area contributed by atoms with E-state index < -0.39 is 0 Å². The number of rotatable bonds is 5. The highest BCUT2D eigenvalue weighted by Gasteiger charge is 2.35. The zero-order valence-corrected chi connectivity index (χ0v) is 18.8. The number of thioether (sulfide) groups is 1. The second kappa shape index (κ2) is 8.98. The number of aryl methyl sites for hydroxylation is 1. The lowest BCUT2D eigenvalue weighted by Gasteiger charge is -2.27. The Morgan fingerprint density at radius 1 is 1.00 bits per heavy atom. The minimum absolute atomic E-state index is 0.0754. The molecule has 5 heteroatoms. The summed E-state index contributed by atoms with van der Waals surface area (Å²) in [6.07, 6.45) is 0. The highest BCUT2D eigenvalue weighted by Crippen LogP contribution is 2.44. The highest BCUT2D eigenvalue weighted by atomic mass is 32.2. The molecule has 0 spiro atoms. The minimum Gasteiger partial charge on any atom is -0.322 e. The van der Waals surface area contributed by atoms with Crippen LogP contribution in [0.1, 0.15) is 52.2 Å². The van der Waals surface area contributed by atoms with E-state index in [1.165, 1.54) is 5.56 Å². The van der Waals surface area contributed by atoms with Gasteiger partial charge in [0.25, 0.3) is 5.91 Å². The van der Waals surface area contributed by atoms with Crippen molar-refractivity contribution in [2.24, 2.45) is 0 Å². The van der Waals surface area contributed by atoms with Gasteiger partial charge in [0.2, 0.25) is 5.91 Å². The van der Waals surface area contributed by atoms with Gasteiger partial charge in [-0.25, -0.2) is 0 Å². The number of benzene rings is 3. The summed E-state index contributed by atoms with van der Waals surface area (Å²) in [7, 11) is 0. The lowest BCUT2D eigenvalue weighted by Crippen LogP contribution is -2.29. The predicted octanol–water partition coefficient (Wildman–Crippen LogP) is 6.15. The molecule has 4 nitrogen and oxygen atoms in total. The Balaban J connectivity index is 1.57. The van der Waals surface area contributed by atoms with Gasteiger partial charge in [-0.3, -0.25) is 14.5 Å². The molecule has 0 unspecified atom stereocenters. The van der Waals surface area contributed by atoms with Crippen LogP contribution in [-0.4, -0.2) is 17.6 Å². The fourth-order valence-corrected chi connectivity index (χ4v) is 5.05. The Morgan fingerprint density at radius 3 is 2.39 bits per heavy atom. The van der Waals surface area contributed by atoms with Gasteiger partial charge in [0.05, 0.1) is 5.75 Å². The molecule has 1 aliphatic heterocycles. The van der Waals surface area contributed by atoms with Crippen LogP contribution in [0.3, 0.4) is 0 Å². The Hall–Kier alpha value is -3.05. The topological polar surface area (TPSA) is 49.4 Å². The van der Waals surface area contributed by atoms with Crippen molar-refractivity contribution in [3.05, 3.63) is 95.1 Å². The predicted molar refractivity (Wildman–Crippen MR) is 129 cm³/mol. The first kappa shape index (κ1) is 21.2. The van der Waals surface area contributed by atoms with E-state index in [2.05, 4.69) is 25.2 Å². The molecule has 1 fully saturated rings. The van der Waals surface area contributed by atoms with E-state index in [0.717, 1.165) is 22.5 Å². The number of nitrogens with one attached hydrogen (secondary N) is 1. The van der Waals surface area contributed by atoms with Crippen molar-refractivity contribution in [2.75, 3.05) is 16.0 Å². The van der Waals surface area contributed by atoms with Gasteiger partial charge in [0.15, 0.2) is 0 Å². The lowest BCUT2D eigenvalue weighted by atomic mass is 10.00. The third-order valence-corrected chi connectivity index (χ3v) is 6.74. The van der Waals surface area contributed by atoms with E-state index in [1.54, 1.807) is 11.8 Å². The Kier molecular flexibility index (Phi) is 6.14. The number of amides is 2. The van der Waals surface area contributed by atoms with Crippen LogP contribution in [0, 0.1) is 6.92 Å². The molecule has 0 radical (unpaired) electrons. The Labute approximate surface area is 187 Å². The normalized spacial score (nSPS) is 16.1. The number of carbonyl (C=O) groups excluding carboxylic acids is 2. The van der Waals surface area contributed by atoms with Gasteiger partial charge in [0.1, 0.15) is 5.37 Å². The van der Waals surface area contributed by atoms with Gasteiger partial charge >= 0.3 is 0 Å². The smallest absolute Gasteiger partial charge is 0.255 e. The summed E-state index contributed by atoms with van der Waals surface area (Å²) in [6.45, 7) is 6.22. The van der Waals surface area contributed by atoms with Crippen LogP contribution in [0.5, 0.6) is 0 Å². The number of nitrogens with zero attached hydrogens (tertiary/aromatic N) is 1. The fourth-order valence-electron chi connectivity index (χ4n) is 3.88. The average Bonchev–Trinajstić information content (AvgIpc) is 3.15. The summed E-state index contributed by atoms with van der Waals surface area (Å²) in [5, 5.41) is 2.89. The number of carbonyl (C=O) groups is 2. The second-order valence-electron chi connectivity index (χ2n) is 8.03. The average molecular weight is 431 g/mol. The van der Waals surface area contributed by atoms with Crippen molar-refractivity contribution < 1.29 is 9.59 Å². The van der Waals surface area contributed by atoms with Crippen LogP contribution >= 0.6 is 11.8 Å². The van der Waals surface area contributed by atoms with Crippen molar-refractivity contribution >= 4 is 35.0 Å². The molecule has 1 aliphatic rings. The molecule has 0 aliphatic carbocycles. The molecule has 1 atom stereocenters. The molecule has 0 aromatic heterocycles. The van der Waals surface area contributed by atoms with Gasteiger partial charge in [-0.15, -0.1) is 11.8 Å². The number of hydrogen-bond donors (Lipinski definition) is 1. The Morgan fingerprint density at radius 2 is 1.68 bits per heavy atom. The van der Waals surface area contributed by atoms with E-state index in [1.807, 2.05) is 78.6 Å². The monoisotopic (exact) mass is 430 g/mol. The molecule has 0 bridgehead atoms.